The summed E-state index contributed by atoms with van der Waals surface area (Å²) in [6.45, 7) is 9.93. The van der Waals surface area contributed by atoms with Crippen molar-refractivity contribution in [1.29, 1.82) is 0 Å². The molecule has 0 N–H and O–H groups in total. The van der Waals surface area contributed by atoms with E-state index >= 15 is 0 Å². The minimum absolute atomic E-state index is 0.0791. The van der Waals surface area contributed by atoms with Crippen molar-refractivity contribution in [2.45, 2.75) is 62.5 Å². The van der Waals surface area contributed by atoms with Crippen molar-refractivity contribution in [3.8, 4) is 0 Å². The highest BCUT2D eigenvalue weighted by Crippen LogP contribution is 2.28. The number of ether oxygens (including phenoxy) is 1. The first-order chi connectivity index (χ1) is 10.2. The minimum Gasteiger partial charge on any atom is -0.444 e. The van der Waals surface area contributed by atoms with Crippen molar-refractivity contribution in [1.82, 2.24) is 9.80 Å². The van der Waals surface area contributed by atoms with Gasteiger partial charge >= 0.3 is 6.09 Å². The lowest BCUT2D eigenvalue weighted by molar-refractivity contribution is -0.137. The molecule has 0 aromatic rings. The lowest BCUT2D eigenvalue weighted by atomic mass is 9.90. The summed E-state index contributed by atoms with van der Waals surface area (Å²) in [7, 11) is 0. The summed E-state index contributed by atoms with van der Waals surface area (Å²) >= 11 is 2.24. The van der Waals surface area contributed by atoms with Crippen LogP contribution in [0.2, 0.25) is 0 Å². The van der Waals surface area contributed by atoms with Gasteiger partial charge < -0.3 is 14.5 Å². The van der Waals surface area contributed by atoms with Crippen LogP contribution in [0.1, 0.15) is 47.0 Å². The third-order valence-electron chi connectivity index (χ3n) is 4.38. The quantitative estimate of drug-likeness (QED) is 0.482. The van der Waals surface area contributed by atoms with Crippen LogP contribution in [-0.4, -0.2) is 57.0 Å². The van der Waals surface area contributed by atoms with Gasteiger partial charge in [-0.15, -0.1) is 0 Å². The molecule has 6 heteroatoms. The SMILES string of the molecule is CC1CCN(C(=O)OC(C)(C)C)CC1N1CCCC(I)C1=O. The second-order valence-corrected chi connectivity index (χ2v) is 8.90. The molecular formula is C16H27IN2O3. The zero-order valence-electron chi connectivity index (χ0n) is 14.0. The molecule has 22 heavy (non-hydrogen) atoms. The summed E-state index contributed by atoms with van der Waals surface area (Å²) in [6, 6.07) is 0.117. The van der Waals surface area contributed by atoms with Crippen LogP contribution in [0.15, 0.2) is 0 Å². The van der Waals surface area contributed by atoms with E-state index in [0.29, 0.717) is 19.0 Å². The van der Waals surface area contributed by atoms with Crippen LogP contribution >= 0.6 is 22.6 Å². The standard InChI is InChI=1S/C16H27IN2O3/c1-11-7-9-18(15(21)22-16(2,3)4)10-13(11)19-8-5-6-12(17)14(19)20/h11-13H,5-10H2,1-4H3. The van der Waals surface area contributed by atoms with Gasteiger partial charge in [-0.3, -0.25) is 4.79 Å². The Labute approximate surface area is 146 Å². The van der Waals surface area contributed by atoms with Crippen molar-refractivity contribution < 1.29 is 14.3 Å². The van der Waals surface area contributed by atoms with Crippen LogP contribution in [0.25, 0.3) is 0 Å². The first-order valence-electron chi connectivity index (χ1n) is 8.11. The number of likely N-dealkylation sites (tertiary alicyclic amines) is 2. The van der Waals surface area contributed by atoms with Gasteiger partial charge in [0, 0.05) is 19.6 Å². The Bertz CT molecular complexity index is 436. The molecule has 2 aliphatic heterocycles. The second-order valence-electron chi connectivity index (χ2n) is 7.40. The minimum atomic E-state index is -0.482. The fraction of sp³-hybridized carbons (Fsp3) is 0.875. The molecule has 126 valence electrons. The van der Waals surface area contributed by atoms with Gasteiger partial charge in [0.15, 0.2) is 0 Å². The number of carbonyl (C=O) groups is 2. The van der Waals surface area contributed by atoms with E-state index in [1.54, 1.807) is 4.90 Å². The van der Waals surface area contributed by atoms with Crippen LogP contribution in [0.3, 0.4) is 0 Å². The monoisotopic (exact) mass is 422 g/mol. The van der Waals surface area contributed by atoms with Crippen LogP contribution in [-0.2, 0) is 9.53 Å². The molecule has 0 saturated carbocycles. The normalized spacial score (nSPS) is 30.4. The first-order valence-corrected chi connectivity index (χ1v) is 9.36. The number of nitrogens with zero attached hydrogens (tertiary/aromatic N) is 2. The molecule has 2 heterocycles. The van der Waals surface area contributed by atoms with Crippen molar-refractivity contribution in [3.05, 3.63) is 0 Å². The van der Waals surface area contributed by atoms with Crippen LogP contribution in [0.4, 0.5) is 4.79 Å². The smallest absolute Gasteiger partial charge is 0.410 e. The van der Waals surface area contributed by atoms with Crippen molar-refractivity contribution in [3.63, 3.8) is 0 Å². The average Bonchev–Trinajstić information content (AvgIpc) is 2.41. The van der Waals surface area contributed by atoms with Crippen molar-refractivity contribution >= 4 is 34.6 Å². The zero-order chi connectivity index (χ0) is 16.5. The number of halogens is 1. The molecule has 2 aliphatic rings. The first kappa shape index (κ1) is 17.8. The van der Waals surface area contributed by atoms with E-state index in [1.165, 1.54) is 0 Å². The molecule has 0 bridgehead atoms. The van der Waals surface area contributed by atoms with E-state index in [1.807, 2.05) is 25.7 Å². The van der Waals surface area contributed by atoms with E-state index in [2.05, 4.69) is 29.5 Å². The third-order valence-corrected chi connectivity index (χ3v) is 5.53. The zero-order valence-corrected chi connectivity index (χ0v) is 16.1. The van der Waals surface area contributed by atoms with E-state index in [4.69, 9.17) is 4.74 Å². The molecule has 0 aliphatic carbocycles. The van der Waals surface area contributed by atoms with E-state index < -0.39 is 5.60 Å². The highest BCUT2D eigenvalue weighted by molar-refractivity contribution is 14.1. The van der Waals surface area contributed by atoms with Crippen LogP contribution in [0.5, 0.6) is 0 Å². The molecule has 2 amide bonds. The molecule has 0 aromatic carbocycles. The lowest BCUT2D eigenvalue weighted by Crippen LogP contribution is -2.58. The maximum atomic E-state index is 12.5. The molecule has 2 saturated heterocycles. The van der Waals surface area contributed by atoms with Gasteiger partial charge in [0.2, 0.25) is 5.91 Å². The average molecular weight is 422 g/mol. The third kappa shape index (κ3) is 4.26. The Kier molecular flexibility index (Phi) is 5.61. The Morgan fingerprint density at radius 2 is 1.95 bits per heavy atom. The van der Waals surface area contributed by atoms with Gasteiger partial charge in [0.1, 0.15) is 5.60 Å². The van der Waals surface area contributed by atoms with Gasteiger partial charge in [-0.05, 0) is 46.0 Å². The van der Waals surface area contributed by atoms with Gasteiger partial charge in [0.05, 0.1) is 9.97 Å². The van der Waals surface area contributed by atoms with Crippen molar-refractivity contribution in [2.24, 2.45) is 5.92 Å². The van der Waals surface area contributed by atoms with Crippen LogP contribution < -0.4 is 0 Å². The summed E-state index contributed by atoms with van der Waals surface area (Å²) in [6.07, 6.45) is 2.67. The number of carbonyl (C=O) groups excluding carboxylic acids is 2. The molecule has 0 spiro atoms. The number of amides is 2. The Morgan fingerprint density at radius 1 is 1.27 bits per heavy atom. The Balaban J connectivity index is 2.05. The summed E-state index contributed by atoms with van der Waals surface area (Å²) in [5.41, 5.74) is -0.482. The Hall–Kier alpha value is -0.530. The molecule has 0 aromatic heterocycles. The van der Waals surface area contributed by atoms with Gasteiger partial charge in [-0.1, -0.05) is 29.5 Å². The summed E-state index contributed by atoms with van der Waals surface area (Å²) in [4.78, 5) is 28.5. The highest BCUT2D eigenvalue weighted by Gasteiger charge is 2.39. The fourth-order valence-corrected chi connectivity index (χ4v) is 3.93. The van der Waals surface area contributed by atoms with E-state index in [-0.39, 0.29) is 22.0 Å². The number of alkyl halides is 1. The summed E-state index contributed by atoms with van der Waals surface area (Å²) in [5, 5.41) is 0. The van der Waals surface area contributed by atoms with Crippen molar-refractivity contribution in [2.75, 3.05) is 19.6 Å². The van der Waals surface area contributed by atoms with Gasteiger partial charge in [0.25, 0.3) is 0 Å². The molecule has 5 nitrogen and oxygen atoms in total. The predicted molar refractivity (Wildman–Crippen MR) is 94.1 cm³/mol. The van der Waals surface area contributed by atoms with E-state index in [0.717, 1.165) is 25.8 Å². The number of hydrogen-bond donors (Lipinski definition) is 0. The molecular weight excluding hydrogens is 395 g/mol. The van der Waals surface area contributed by atoms with Gasteiger partial charge in [-0.2, -0.15) is 0 Å². The molecule has 3 atom stereocenters. The van der Waals surface area contributed by atoms with Gasteiger partial charge in [-0.25, -0.2) is 4.79 Å². The number of rotatable bonds is 1. The molecule has 0 radical (unpaired) electrons. The molecule has 2 fully saturated rings. The maximum absolute atomic E-state index is 12.5. The van der Waals surface area contributed by atoms with Crippen LogP contribution in [0, 0.1) is 5.92 Å². The topological polar surface area (TPSA) is 49.9 Å². The second kappa shape index (κ2) is 6.93. The summed E-state index contributed by atoms with van der Waals surface area (Å²) < 4.78 is 5.56. The molecule has 2 rings (SSSR count). The molecule has 3 unspecified atom stereocenters. The lowest BCUT2D eigenvalue weighted by Gasteiger charge is -2.45. The maximum Gasteiger partial charge on any atom is 0.410 e. The number of hydrogen-bond acceptors (Lipinski definition) is 3. The predicted octanol–water partition coefficient (Wildman–Crippen LogP) is 3.06. The Morgan fingerprint density at radius 3 is 2.59 bits per heavy atom. The fourth-order valence-electron chi connectivity index (χ4n) is 3.13. The highest BCUT2D eigenvalue weighted by atomic mass is 127. The largest absolute Gasteiger partial charge is 0.444 e. The number of piperidine rings is 2. The summed E-state index contributed by atoms with van der Waals surface area (Å²) in [5.74, 6) is 0.652. The van der Waals surface area contributed by atoms with E-state index in [9.17, 15) is 9.59 Å².